The summed E-state index contributed by atoms with van der Waals surface area (Å²) in [5.74, 6) is 1.55. The fourth-order valence-electron chi connectivity index (χ4n) is 1.81. The molecule has 0 saturated heterocycles. The van der Waals surface area contributed by atoms with Crippen LogP contribution in [0, 0.1) is 5.92 Å². The van der Waals surface area contributed by atoms with Crippen LogP contribution in [0.1, 0.15) is 31.4 Å². The van der Waals surface area contributed by atoms with Gasteiger partial charge in [-0.2, -0.15) is 0 Å². The van der Waals surface area contributed by atoms with Gasteiger partial charge in [-0.3, -0.25) is 0 Å². The van der Waals surface area contributed by atoms with Crippen molar-refractivity contribution in [1.29, 1.82) is 0 Å². The van der Waals surface area contributed by atoms with Crippen molar-refractivity contribution in [3.63, 3.8) is 0 Å². The molecule has 0 heterocycles. The monoisotopic (exact) mass is 220 g/mol. The lowest BCUT2D eigenvalue weighted by atomic mass is 9.99. The fraction of sp³-hybridized carbons (Fsp3) is 0.500. The van der Waals surface area contributed by atoms with Crippen molar-refractivity contribution in [3.05, 3.63) is 29.3 Å². The molecule has 2 nitrogen and oxygen atoms in total. The SMILES string of the molecule is COc1cc(CC(C)C)ccc1CCC=O. The molecule has 0 bridgehead atoms. The van der Waals surface area contributed by atoms with Crippen molar-refractivity contribution in [3.8, 4) is 5.75 Å². The average Bonchev–Trinajstić information content (AvgIpc) is 2.26. The Labute approximate surface area is 97.6 Å². The maximum absolute atomic E-state index is 10.3. The molecule has 2 heteroatoms. The summed E-state index contributed by atoms with van der Waals surface area (Å²) in [6.45, 7) is 4.40. The first kappa shape index (κ1) is 12.8. The van der Waals surface area contributed by atoms with Gasteiger partial charge in [0.1, 0.15) is 12.0 Å². The molecule has 88 valence electrons. The van der Waals surface area contributed by atoms with Crippen molar-refractivity contribution < 1.29 is 9.53 Å². The van der Waals surface area contributed by atoms with Gasteiger partial charge in [0.05, 0.1) is 7.11 Å². The highest BCUT2D eigenvalue weighted by Crippen LogP contribution is 2.22. The Balaban J connectivity index is 2.83. The molecule has 0 aliphatic rings. The van der Waals surface area contributed by atoms with E-state index < -0.39 is 0 Å². The van der Waals surface area contributed by atoms with Gasteiger partial charge in [-0.15, -0.1) is 0 Å². The number of hydrogen-bond acceptors (Lipinski definition) is 2. The molecule has 0 fully saturated rings. The molecular weight excluding hydrogens is 200 g/mol. The van der Waals surface area contributed by atoms with E-state index in [1.165, 1.54) is 5.56 Å². The molecule has 0 amide bonds. The summed E-state index contributed by atoms with van der Waals surface area (Å²) in [4.78, 5) is 10.3. The normalized spacial score (nSPS) is 10.5. The first-order chi connectivity index (χ1) is 7.67. The molecule has 0 radical (unpaired) electrons. The number of aldehydes is 1. The molecule has 0 saturated carbocycles. The molecule has 0 aliphatic heterocycles. The van der Waals surface area contributed by atoms with Crippen molar-refractivity contribution in [2.24, 2.45) is 5.92 Å². The minimum Gasteiger partial charge on any atom is -0.496 e. The van der Waals surface area contributed by atoms with Crippen LogP contribution in [0.2, 0.25) is 0 Å². The Morgan fingerprint density at radius 1 is 1.38 bits per heavy atom. The van der Waals surface area contributed by atoms with E-state index in [4.69, 9.17) is 4.74 Å². The zero-order valence-electron chi connectivity index (χ0n) is 10.3. The molecule has 1 aromatic rings. The van der Waals surface area contributed by atoms with Gasteiger partial charge in [-0.05, 0) is 36.0 Å². The maximum atomic E-state index is 10.3. The van der Waals surface area contributed by atoms with Gasteiger partial charge in [-0.25, -0.2) is 0 Å². The lowest BCUT2D eigenvalue weighted by molar-refractivity contribution is -0.107. The minimum atomic E-state index is 0.555. The molecule has 1 rings (SSSR count). The van der Waals surface area contributed by atoms with Crippen LogP contribution in [0.5, 0.6) is 5.75 Å². The van der Waals surface area contributed by atoms with Crippen molar-refractivity contribution >= 4 is 6.29 Å². The second kappa shape index (κ2) is 6.31. The summed E-state index contributed by atoms with van der Waals surface area (Å²) in [6, 6.07) is 6.28. The number of carbonyl (C=O) groups is 1. The quantitative estimate of drug-likeness (QED) is 0.689. The Morgan fingerprint density at radius 3 is 2.69 bits per heavy atom. The standard InChI is InChI=1S/C14H20O2/c1-11(2)9-12-6-7-13(5-4-8-15)14(10-12)16-3/h6-8,10-11H,4-5,9H2,1-3H3. The van der Waals surface area contributed by atoms with Crippen LogP contribution in [-0.4, -0.2) is 13.4 Å². The van der Waals surface area contributed by atoms with Crippen LogP contribution in [-0.2, 0) is 17.6 Å². The Morgan fingerprint density at radius 2 is 2.12 bits per heavy atom. The van der Waals surface area contributed by atoms with Crippen LogP contribution in [0.15, 0.2) is 18.2 Å². The highest BCUT2D eigenvalue weighted by atomic mass is 16.5. The average molecular weight is 220 g/mol. The number of carbonyl (C=O) groups excluding carboxylic acids is 1. The van der Waals surface area contributed by atoms with Crippen molar-refractivity contribution in [1.82, 2.24) is 0 Å². The van der Waals surface area contributed by atoms with Gasteiger partial charge in [0.2, 0.25) is 0 Å². The van der Waals surface area contributed by atoms with Crippen LogP contribution >= 0.6 is 0 Å². The maximum Gasteiger partial charge on any atom is 0.122 e. The smallest absolute Gasteiger partial charge is 0.122 e. The van der Waals surface area contributed by atoms with Gasteiger partial charge >= 0.3 is 0 Å². The van der Waals surface area contributed by atoms with Gasteiger partial charge in [0, 0.05) is 6.42 Å². The number of methoxy groups -OCH3 is 1. The van der Waals surface area contributed by atoms with Crippen LogP contribution in [0.4, 0.5) is 0 Å². The van der Waals surface area contributed by atoms with Crippen LogP contribution in [0.25, 0.3) is 0 Å². The third-order valence-corrected chi connectivity index (χ3v) is 2.53. The summed E-state index contributed by atoms with van der Waals surface area (Å²) in [5, 5.41) is 0. The molecule has 0 N–H and O–H groups in total. The molecule has 16 heavy (non-hydrogen) atoms. The number of rotatable bonds is 6. The lowest BCUT2D eigenvalue weighted by Crippen LogP contribution is -1.98. The zero-order valence-corrected chi connectivity index (χ0v) is 10.3. The number of benzene rings is 1. The Bertz CT molecular complexity index is 343. The summed E-state index contributed by atoms with van der Waals surface area (Å²) in [5.41, 5.74) is 2.41. The van der Waals surface area contributed by atoms with E-state index in [9.17, 15) is 4.79 Å². The van der Waals surface area contributed by atoms with E-state index in [0.717, 1.165) is 30.4 Å². The minimum absolute atomic E-state index is 0.555. The highest BCUT2D eigenvalue weighted by Gasteiger charge is 2.05. The van der Waals surface area contributed by atoms with E-state index >= 15 is 0 Å². The lowest BCUT2D eigenvalue weighted by Gasteiger charge is -2.11. The zero-order chi connectivity index (χ0) is 12.0. The van der Waals surface area contributed by atoms with E-state index in [1.807, 2.05) is 0 Å². The van der Waals surface area contributed by atoms with E-state index in [1.54, 1.807) is 7.11 Å². The molecule has 0 atom stereocenters. The summed E-state index contributed by atoms with van der Waals surface area (Å²) >= 11 is 0. The predicted molar refractivity (Wildman–Crippen MR) is 65.9 cm³/mol. The molecule has 0 spiro atoms. The third kappa shape index (κ3) is 3.69. The number of hydrogen-bond donors (Lipinski definition) is 0. The summed E-state index contributed by atoms with van der Waals surface area (Å²) in [6.07, 6.45) is 3.32. The topological polar surface area (TPSA) is 26.3 Å². The second-order valence-electron chi connectivity index (χ2n) is 4.45. The van der Waals surface area contributed by atoms with Gasteiger partial charge in [0.15, 0.2) is 0 Å². The summed E-state index contributed by atoms with van der Waals surface area (Å²) < 4.78 is 5.35. The predicted octanol–water partition coefficient (Wildman–Crippen LogP) is 3.03. The highest BCUT2D eigenvalue weighted by molar-refractivity contribution is 5.51. The molecule has 0 aromatic heterocycles. The first-order valence-corrected chi connectivity index (χ1v) is 5.76. The third-order valence-electron chi connectivity index (χ3n) is 2.53. The number of ether oxygens (including phenoxy) is 1. The van der Waals surface area contributed by atoms with Gasteiger partial charge in [0.25, 0.3) is 0 Å². The molecule has 0 unspecified atom stereocenters. The second-order valence-corrected chi connectivity index (χ2v) is 4.45. The number of aryl methyl sites for hydroxylation is 1. The first-order valence-electron chi connectivity index (χ1n) is 5.76. The molecule has 1 aromatic carbocycles. The van der Waals surface area contributed by atoms with Crippen molar-refractivity contribution in [2.45, 2.75) is 33.1 Å². The fourth-order valence-corrected chi connectivity index (χ4v) is 1.81. The largest absolute Gasteiger partial charge is 0.496 e. The van der Waals surface area contributed by atoms with E-state index in [-0.39, 0.29) is 0 Å². The van der Waals surface area contributed by atoms with Crippen LogP contribution in [0.3, 0.4) is 0 Å². The van der Waals surface area contributed by atoms with Crippen LogP contribution < -0.4 is 4.74 Å². The van der Waals surface area contributed by atoms with E-state index in [2.05, 4.69) is 32.0 Å². The molecule has 0 aliphatic carbocycles. The Kier molecular flexibility index (Phi) is 5.03. The molecular formula is C14H20O2. The van der Waals surface area contributed by atoms with Gasteiger partial charge in [-0.1, -0.05) is 26.0 Å². The van der Waals surface area contributed by atoms with Crippen molar-refractivity contribution in [2.75, 3.05) is 7.11 Å². The van der Waals surface area contributed by atoms with E-state index in [0.29, 0.717) is 12.3 Å². The van der Waals surface area contributed by atoms with Gasteiger partial charge < -0.3 is 9.53 Å². The summed E-state index contributed by atoms with van der Waals surface area (Å²) in [7, 11) is 1.68. The Hall–Kier alpha value is -1.31.